The number of rotatable bonds is 5. The lowest BCUT2D eigenvalue weighted by molar-refractivity contribution is -0.906. The minimum Gasteiger partial charge on any atom is -0.323 e. The first-order valence-electron chi connectivity index (χ1n) is 7.88. The van der Waals surface area contributed by atoms with E-state index in [9.17, 15) is 0 Å². The minimum atomic E-state index is 0.414. The Labute approximate surface area is 121 Å². The second kappa shape index (κ2) is 6.26. The molecule has 0 saturated carbocycles. The molecule has 1 aliphatic carbocycles. The minimum absolute atomic E-state index is 0.414. The van der Waals surface area contributed by atoms with Crippen LogP contribution in [0, 0.1) is 11.3 Å². The molecule has 0 aliphatic heterocycles. The Morgan fingerprint density at radius 3 is 2.58 bits per heavy atom. The molecule has 0 aromatic heterocycles. The van der Waals surface area contributed by atoms with Crippen molar-refractivity contribution in [3.63, 3.8) is 0 Å². The van der Waals surface area contributed by atoms with Crippen molar-refractivity contribution in [3.05, 3.63) is 23.8 Å². The lowest BCUT2D eigenvalue weighted by atomic mass is 9.68. The molecule has 0 bridgehead atoms. The van der Waals surface area contributed by atoms with Crippen molar-refractivity contribution >= 4 is 0 Å². The second-order valence-corrected chi connectivity index (χ2v) is 7.58. The third kappa shape index (κ3) is 4.21. The smallest absolute Gasteiger partial charge is 0.104 e. The second-order valence-electron chi connectivity index (χ2n) is 7.58. The maximum Gasteiger partial charge on any atom is 0.104 e. The van der Waals surface area contributed by atoms with E-state index in [0.29, 0.717) is 17.4 Å². The summed E-state index contributed by atoms with van der Waals surface area (Å²) in [5, 5.41) is 0. The van der Waals surface area contributed by atoms with Crippen LogP contribution in [0.1, 0.15) is 53.9 Å². The molecule has 1 nitrogen and oxygen atoms in total. The van der Waals surface area contributed by atoms with Crippen molar-refractivity contribution in [1.29, 1.82) is 0 Å². The van der Waals surface area contributed by atoms with E-state index in [-0.39, 0.29) is 0 Å². The third-order valence-electron chi connectivity index (χ3n) is 5.07. The van der Waals surface area contributed by atoms with Crippen LogP contribution in [-0.2, 0) is 0 Å². The number of allylic oxidation sites excluding steroid dienone is 3. The summed E-state index contributed by atoms with van der Waals surface area (Å²) in [5.74, 6) is 0.616. The fourth-order valence-corrected chi connectivity index (χ4v) is 3.27. The van der Waals surface area contributed by atoms with Gasteiger partial charge in [-0.15, -0.1) is 0 Å². The molecule has 19 heavy (non-hydrogen) atoms. The van der Waals surface area contributed by atoms with Gasteiger partial charge in [-0.1, -0.05) is 38.5 Å². The zero-order chi connectivity index (χ0) is 14.7. The van der Waals surface area contributed by atoms with E-state index in [2.05, 4.69) is 66.9 Å². The van der Waals surface area contributed by atoms with Crippen LogP contribution in [0.2, 0.25) is 0 Å². The van der Waals surface area contributed by atoms with Crippen LogP contribution in [0.3, 0.4) is 0 Å². The van der Waals surface area contributed by atoms with Gasteiger partial charge in [0.05, 0.1) is 20.6 Å². The number of quaternary nitrogens is 1. The third-order valence-corrected chi connectivity index (χ3v) is 5.07. The van der Waals surface area contributed by atoms with E-state index < -0.39 is 0 Å². The highest BCUT2D eigenvalue weighted by Gasteiger charge is 2.31. The lowest BCUT2D eigenvalue weighted by Gasteiger charge is -2.38. The maximum absolute atomic E-state index is 2.48. The molecule has 110 valence electrons. The average molecular weight is 264 g/mol. The Balaban J connectivity index is 2.80. The molecule has 1 heteroatoms. The van der Waals surface area contributed by atoms with E-state index in [4.69, 9.17) is 0 Å². The molecule has 1 rings (SSSR count). The molecule has 0 aromatic carbocycles. The Kier molecular flexibility index (Phi) is 5.43. The molecule has 2 atom stereocenters. The molecular weight excluding hydrogens is 230 g/mol. The van der Waals surface area contributed by atoms with Crippen LogP contribution in [0.5, 0.6) is 0 Å². The Hall–Kier alpha value is -0.560. The van der Waals surface area contributed by atoms with Crippen molar-refractivity contribution in [1.82, 2.24) is 0 Å². The van der Waals surface area contributed by atoms with E-state index in [1.807, 2.05) is 0 Å². The van der Waals surface area contributed by atoms with E-state index >= 15 is 0 Å². The largest absolute Gasteiger partial charge is 0.323 e. The highest BCUT2D eigenvalue weighted by atomic mass is 15.3. The molecule has 0 radical (unpaired) electrons. The lowest BCUT2D eigenvalue weighted by Crippen LogP contribution is -2.46. The summed E-state index contributed by atoms with van der Waals surface area (Å²) in [7, 11) is 4.68. The van der Waals surface area contributed by atoms with Crippen molar-refractivity contribution < 1.29 is 4.48 Å². The molecule has 0 amide bonds. The summed E-state index contributed by atoms with van der Waals surface area (Å²) in [4.78, 5) is 0. The van der Waals surface area contributed by atoms with Gasteiger partial charge in [0.15, 0.2) is 0 Å². The van der Waals surface area contributed by atoms with Crippen molar-refractivity contribution in [2.24, 2.45) is 11.3 Å². The van der Waals surface area contributed by atoms with E-state index in [0.717, 1.165) is 4.48 Å². The molecular formula is C18H34N+. The van der Waals surface area contributed by atoms with Gasteiger partial charge in [-0.05, 0) is 44.6 Å². The zero-order valence-corrected chi connectivity index (χ0v) is 14.2. The van der Waals surface area contributed by atoms with Gasteiger partial charge in [0, 0.05) is 5.92 Å². The number of hydrogen-bond donors (Lipinski definition) is 0. The van der Waals surface area contributed by atoms with Gasteiger partial charge >= 0.3 is 0 Å². The van der Waals surface area contributed by atoms with Crippen molar-refractivity contribution in [3.8, 4) is 0 Å². The van der Waals surface area contributed by atoms with E-state index in [1.54, 1.807) is 5.57 Å². The van der Waals surface area contributed by atoms with Crippen LogP contribution in [-0.4, -0.2) is 31.2 Å². The monoisotopic (exact) mass is 264 g/mol. The standard InChI is InChI=1S/C18H34N/c1-8-14-19(6,7)16(3)11-12-17-15(2)10-9-13-18(17,4)5/h10-12,16-17H,8-9,13-14H2,1-7H3/q+1. The average Bonchev–Trinajstić information content (AvgIpc) is 2.27. The SMILES string of the molecule is CCC[N+](C)(C)C(C)C=CC1C(C)=CCCC1(C)C. The summed E-state index contributed by atoms with van der Waals surface area (Å²) in [6, 6.07) is 0.588. The normalized spacial score (nSPS) is 25.4. The molecule has 1 aliphatic rings. The quantitative estimate of drug-likeness (QED) is 0.494. The van der Waals surface area contributed by atoms with Crippen molar-refractivity contribution in [2.45, 2.75) is 59.9 Å². The molecule has 2 unspecified atom stereocenters. The Bertz CT molecular complexity index is 347. The summed E-state index contributed by atoms with van der Waals surface area (Å²) in [6.45, 7) is 13.0. The van der Waals surface area contributed by atoms with Gasteiger partial charge in [0.25, 0.3) is 0 Å². The first-order chi connectivity index (χ1) is 8.70. The molecule has 0 aromatic rings. The maximum atomic E-state index is 2.48. The fourth-order valence-electron chi connectivity index (χ4n) is 3.27. The highest BCUT2D eigenvalue weighted by molar-refractivity contribution is 5.19. The van der Waals surface area contributed by atoms with Gasteiger partial charge in [0.1, 0.15) is 6.04 Å². The topological polar surface area (TPSA) is 0 Å². The molecule has 0 fully saturated rings. The number of nitrogens with zero attached hydrogens (tertiary/aromatic N) is 1. The first kappa shape index (κ1) is 16.5. The molecule has 0 heterocycles. The van der Waals surface area contributed by atoms with Gasteiger partial charge in [-0.3, -0.25) is 0 Å². The Morgan fingerprint density at radius 2 is 2.05 bits per heavy atom. The summed E-state index contributed by atoms with van der Waals surface area (Å²) in [5.41, 5.74) is 1.97. The van der Waals surface area contributed by atoms with Crippen LogP contribution in [0.15, 0.2) is 23.8 Å². The van der Waals surface area contributed by atoms with Gasteiger partial charge in [-0.2, -0.15) is 0 Å². The van der Waals surface area contributed by atoms with Crippen LogP contribution in [0.25, 0.3) is 0 Å². The molecule has 0 N–H and O–H groups in total. The fraction of sp³-hybridized carbons (Fsp3) is 0.778. The predicted octanol–water partition coefficient (Wildman–Crippen LogP) is 4.80. The van der Waals surface area contributed by atoms with Gasteiger partial charge in [-0.25, -0.2) is 0 Å². The van der Waals surface area contributed by atoms with Crippen LogP contribution in [0.4, 0.5) is 0 Å². The van der Waals surface area contributed by atoms with Gasteiger partial charge in [0.2, 0.25) is 0 Å². The van der Waals surface area contributed by atoms with Crippen LogP contribution >= 0.6 is 0 Å². The summed E-state index contributed by atoms with van der Waals surface area (Å²) in [6.07, 6.45) is 11.2. The van der Waals surface area contributed by atoms with Gasteiger partial charge < -0.3 is 4.48 Å². The Morgan fingerprint density at radius 1 is 1.42 bits per heavy atom. The van der Waals surface area contributed by atoms with E-state index in [1.165, 1.54) is 25.8 Å². The first-order valence-corrected chi connectivity index (χ1v) is 7.88. The zero-order valence-electron chi connectivity index (χ0n) is 14.2. The van der Waals surface area contributed by atoms with Crippen molar-refractivity contribution in [2.75, 3.05) is 20.6 Å². The predicted molar refractivity (Wildman–Crippen MR) is 86.1 cm³/mol. The molecule has 0 spiro atoms. The summed E-state index contributed by atoms with van der Waals surface area (Å²) >= 11 is 0. The number of hydrogen-bond acceptors (Lipinski definition) is 0. The summed E-state index contributed by atoms with van der Waals surface area (Å²) < 4.78 is 1.09. The van der Waals surface area contributed by atoms with Crippen LogP contribution < -0.4 is 0 Å². The highest BCUT2D eigenvalue weighted by Crippen LogP contribution is 2.41. The number of likely N-dealkylation sites (N-methyl/N-ethyl adjacent to an activating group) is 1. The molecule has 0 saturated heterocycles.